The maximum atomic E-state index is 14.3. The molecule has 0 aliphatic rings. The number of hydrogen-bond acceptors (Lipinski definition) is 4. The summed E-state index contributed by atoms with van der Waals surface area (Å²) in [6.07, 6.45) is 0.864. The number of aryl methyl sites for hydroxylation is 1. The van der Waals surface area contributed by atoms with Crippen molar-refractivity contribution in [1.82, 2.24) is 0 Å². The number of hydrogen-bond donors (Lipinski definition) is 4. The average Bonchev–Trinajstić information content (AvgIpc) is 2.89. The van der Waals surface area contributed by atoms with Gasteiger partial charge in [-0.1, -0.05) is 72.8 Å². The Kier molecular flexibility index (Phi) is 7.66. The predicted molar refractivity (Wildman–Crippen MR) is 144 cm³/mol. The Labute approximate surface area is 215 Å². The van der Waals surface area contributed by atoms with E-state index in [0.29, 0.717) is 46.0 Å². The molecule has 0 aliphatic carbocycles. The fourth-order valence-corrected chi connectivity index (χ4v) is 4.52. The number of carbonyl (C=O) groups is 2. The van der Waals surface area contributed by atoms with Crippen LogP contribution in [0.25, 0.3) is 10.8 Å². The van der Waals surface area contributed by atoms with Gasteiger partial charge in [0.2, 0.25) is 5.91 Å². The van der Waals surface area contributed by atoms with Crippen LogP contribution in [0.3, 0.4) is 0 Å². The summed E-state index contributed by atoms with van der Waals surface area (Å²) in [5, 5.41) is 13.2. The van der Waals surface area contributed by atoms with Gasteiger partial charge in [-0.2, -0.15) is 0 Å². The number of nitrogens with one attached hydrogen (secondary N) is 1. The van der Waals surface area contributed by atoms with Gasteiger partial charge in [0.15, 0.2) is 0 Å². The topological polar surface area (TPSA) is 118 Å². The number of rotatable bonds is 9. The zero-order valence-electron chi connectivity index (χ0n) is 20.6. The molecular formula is C30H30FN3O3. The lowest BCUT2D eigenvalue weighted by Crippen LogP contribution is -2.47. The van der Waals surface area contributed by atoms with Gasteiger partial charge in [0, 0.05) is 17.5 Å². The molecule has 190 valence electrons. The number of carboxylic acids is 1. The van der Waals surface area contributed by atoms with Gasteiger partial charge in [-0.25, -0.2) is 4.39 Å². The van der Waals surface area contributed by atoms with Gasteiger partial charge >= 0.3 is 5.97 Å². The van der Waals surface area contributed by atoms with Crippen LogP contribution >= 0.6 is 0 Å². The van der Waals surface area contributed by atoms with Crippen molar-refractivity contribution in [3.05, 3.63) is 113 Å². The van der Waals surface area contributed by atoms with Crippen molar-refractivity contribution in [3.63, 3.8) is 0 Å². The van der Waals surface area contributed by atoms with E-state index >= 15 is 0 Å². The largest absolute Gasteiger partial charge is 0.481 e. The van der Waals surface area contributed by atoms with Gasteiger partial charge in [0.1, 0.15) is 11.5 Å². The van der Waals surface area contributed by atoms with Crippen molar-refractivity contribution in [2.75, 3.05) is 5.32 Å². The van der Waals surface area contributed by atoms with Crippen LogP contribution in [-0.2, 0) is 21.7 Å². The van der Waals surface area contributed by atoms with Crippen molar-refractivity contribution in [3.8, 4) is 0 Å². The minimum Gasteiger partial charge on any atom is -0.481 e. The molecule has 6 N–H and O–H groups in total. The van der Waals surface area contributed by atoms with E-state index in [1.54, 1.807) is 43.3 Å². The van der Waals surface area contributed by atoms with Crippen LogP contribution in [0.2, 0.25) is 0 Å². The highest BCUT2D eigenvalue weighted by molar-refractivity contribution is 6.00. The number of fused-ring (bicyclic) bond motifs is 1. The quantitative estimate of drug-likeness (QED) is 0.235. The fraction of sp³-hybridized carbons (Fsp3) is 0.200. The van der Waals surface area contributed by atoms with Crippen molar-refractivity contribution in [2.45, 2.75) is 37.8 Å². The number of amides is 1. The molecule has 0 aromatic heterocycles. The Balaban J connectivity index is 1.68. The number of nitrogens with two attached hydrogens (primary N) is 2. The number of halogens is 1. The molecule has 4 aromatic rings. The Morgan fingerprint density at radius 2 is 1.59 bits per heavy atom. The number of benzene rings is 4. The molecular weight excluding hydrogens is 469 g/mol. The van der Waals surface area contributed by atoms with Crippen LogP contribution in [-0.4, -0.2) is 17.0 Å². The molecule has 0 fully saturated rings. The summed E-state index contributed by atoms with van der Waals surface area (Å²) in [5.41, 5.74) is 15.0. The normalized spacial score (nSPS) is 12.3. The zero-order valence-corrected chi connectivity index (χ0v) is 20.6. The standard InChI is InChI=1S/C30H30FN3O3/c1-19(23-16-17-26(31)25-12-6-5-11-24(23)25)29(37)34-27-18-22(15-14-20(27)8-7-13-28(35)36)30(32,33)21-9-3-2-4-10-21/h2-6,9-12,14-19H,7-8,13,32-33H2,1H3,(H,34,37)(H,35,36). The molecule has 0 heterocycles. The Morgan fingerprint density at radius 1 is 0.919 bits per heavy atom. The molecule has 4 rings (SSSR count). The van der Waals surface area contributed by atoms with Gasteiger partial charge in [0.25, 0.3) is 0 Å². The van der Waals surface area contributed by atoms with E-state index in [0.717, 1.165) is 5.56 Å². The third-order valence-corrected chi connectivity index (χ3v) is 6.70. The molecule has 0 aliphatic heterocycles. The van der Waals surface area contributed by atoms with Crippen LogP contribution in [0.1, 0.15) is 47.9 Å². The van der Waals surface area contributed by atoms with E-state index in [9.17, 15) is 14.0 Å². The van der Waals surface area contributed by atoms with E-state index < -0.39 is 17.6 Å². The zero-order chi connectivity index (χ0) is 26.6. The summed E-state index contributed by atoms with van der Waals surface area (Å²) in [5.74, 6) is -2.10. The third-order valence-electron chi connectivity index (χ3n) is 6.70. The highest BCUT2D eigenvalue weighted by Crippen LogP contribution is 2.31. The number of anilines is 1. The first-order valence-corrected chi connectivity index (χ1v) is 12.1. The van der Waals surface area contributed by atoms with Gasteiger partial charge < -0.3 is 21.9 Å². The smallest absolute Gasteiger partial charge is 0.303 e. The summed E-state index contributed by atoms with van der Waals surface area (Å²) < 4.78 is 14.3. The summed E-state index contributed by atoms with van der Waals surface area (Å²) in [7, 11) is 0. The predicted octanol–water partition coefficient (Wildman–Crippen LogP) is 5.25. The van der Waals surface area contributed by atoms with Crippen LogP contribution in [0, 0.1) is 5.82 Å². The minimum atomic E-state index is -1.31. The molecule has 37 heavy (non-hydrogen) atoms. The van der Waals surface area contributed by atoms with Crippen LogP contribution < -0.4 is 16.8 Å². The summed E-state index contributed by atoms with van der Waals surface area (Å²) in [6.45, 7) is 1.77. The molecule has 0 bridgehead atoms. The summed E-state index contributed by atoms with van der Waals surface area (Å²) in [6, 6.07) is 24.7. The lowest BCUT2D eigenvalue weighted by molar-refractivity contribution is -0.137. The molecule has 6 nitrogen and oxygen atoms in total. The lowest BCUT2D eigenvalue weighted by Gasteiger charge is -2.27. The molecule has 0 radical (unpaired) electrons. The van der Waals surface area contributed by atoms with Gasteiger partial charge in [0.05, 0.1) is 5.92 Å². The molecule has 0 saturated carbocycles. The van der Waals surface area contributed by atoms with Crippen molar-refractivity contribution >= 4 is 28.3 Å². The number of carbonyl (C=O) groups excluding carboxylic acids is 1. The second-order valence-corrected chi connectivity index (χ2v) is 9.25. The fourth-order valence-electron chi connectivity index (χ4n) is 4.52. The average molecular weight is 500 g/mol. The van der Waals surface area contributed by atoms with E-state index in [2.05, 4.69) is 5.32 Å². The first-order chi connectivity index (χ1) is 17.7. The molecule has 1 atom stereocenters. The highest BCUT2D eigenvalue weighted by atomic mass is 19.1. The van der Waals surface area contributed by atoms with E-state index in [1.165, 1.54) is 6.07 Å². The SMILES string of the molecule is CC(C(=O)Nc1cc(C(N)(N)c2ccccc2)ccc1CCCC(=O)O)c1ccc(F)c2ccccc12. The van der Waals surface area contributed by atoms with Crippen molar-refractivity contribution < 1.29 is 19.1 Å². The second-order valence-electron chi connectivity index (χ2n) is 9.25. The monoisotopic (exact) mass is 499 g/mol. The van der Waals surface area contributed by atoms with E-state index in [-0.39, 0.29) is 18.1 Å². The number of aliphatic carboxylic acids is 1. The van der Waals surface area contributed by atoms with Gasteiger partial charge in [-0.05, 0) is 59.5 Å². The molecule has 1 unspecified atom stereocenters. The molecule has 0 spiro atoms. The van der Waals surface area contributed by atoms with Crippen molar-refractivity contribution in [1.29, 1.82) is 0 Å². The second kappa shape index (κ2) is 10.9. The molecule has 4 aromatic carbocycles. The van der Waals surface area contributed by atoms with Crippen molar-refractivity contribution in [2.24, 2.45) is 11.5 Å². The van der Waals surface area contributed by atoms with Crippen LogP contribution in [0.4, 0.5) is 10.1 Å². The van der Waals surface area contributed by atoms with Crippen LogP contribution in [0.5, 0.6) is 0 Å². The minimum absolute atomic E-state index is 0.00877. The third kappa shape index (κ3) is 5.69. The maximum absolute atomic E-state index is 14.3. The summed E-state index contributed by atoms with van der Waals surface area (Å²) in [4.78, 5) is 24.5. The lowest BCUT2D eigenvalue weighted by atomic mass is 9.90. The molecule has 0 saturated heterocycles. The maximum Gasteiger partial charge on any atom is 0.303 e. The van der Waals surface area contributed by atoms with E-state index in [4.69, 9.17) is 16.6 Å². The summed E-state index contributed by atoms with van der Waals surface area (Å²) >= 11 is 0. The number of carboxylic acid groups (broad SMARTS) is 1. The Bertz CT molecular complexity index is 1440. The molecule has 1 amide bonds. The highest BCUT2D eigenvalue weighted by Gasteiger charge is 2.26. The van der Waals surface area contributed by atoms with Crippen LogP contribution in [0.15, 0.2) is 84.9 Å². The molecule has 7 heteroatoms. The first-order valence-electron chi connectivity index (χ1n) is 12.1. The Hall–Kier alpha value is -4.07. The first kappa shape index (κ1) is 26.0. The van der Waals surface area contributed by atoms with Gasteiger partial charge in [-0.3, -0.25) is 9.59 Å². The van der Waals surface area contributed by atoms with Gasteiger partial charge in [-0.15, -0.1) is 0 Å². The van der Waals surface area contributed by atoms with E-state index in [1.807, 2.05) is 42.5 Å². The Morgan fingerprint density at radius 3 is 2.30 bits per heavy atom.